The third kappa shape index (κ3) is 4.71. The number of aliphatic hydroxyl groups excluding tert-OH is 1. The number of rotatable bonds is 5. The van der Waals surface area contributed by atoms with Crippen molar-refractivity contribution in [1.29, 1.82) is 0 Å². The van der Waals surface area contributed by atoms with Crippen molar-refractivity contribution in [1.82, 2.24) is 5.32 Å². The Hall–Kier alpha value is -0.270. The average Bonchev–Trinajstić information content (AvgIpc) is 2.54. The molecule has 0 aliphatic carbocycles. The minimum atomic E-state index is -2.94. The van der Waals surface area contributed by atoms with Crippen LogP contribution in [0.4, 0.5) is 0 Å². The lowest BCUT2D eigenvalue weighted by molar-refractivity contribution is -0.119. The molecule has 2 unspecified atom stereocenters. The quantitative estimate of drug-likeness (QED) is 0.695. The van der Waals surface area contributed by atoms with Crippen LogP contribution in [0.25, 0.3) is 0 Å². The van der Waals surface area contributed by atoms with Gasteiger partial charge in [0.1, 0.15) is 0 Å². The normalized spacial score (nSPS) is 25.2. The van der Waals surface area contributed by atoms with Gasteiger partial charge >= 0.3 is 0 Å². The Labute approximate surface area is 99.9 Å². The van der Waals surface area contributed by atoms with Crippen molar-refractivity contribution < 1.29 is 18.3 Å². The van der Waals surface area contributed by atoms with Gasteiger partial charge in [0.25, 0.3) is 0 Å². The van der Waals surface area contributed by atoms with Crippen LogP contribution in [0, 0.1) is 0 Å². The molecule has 2 atom stereocenters. The van der Waals surface area contributed by atoms with Gasteiger partial charge < -0.3 is 10.4 Å². The van der Waals surface area contributed by atoms with E-state index in [2.05, 4.69) is 5.32 Å². The smallest absolute Gasteiger partial charge is 0.230 e. The largest absolute Gasteiger partial charge is 0.395 e. The Bertz CT molecular complexity index is 341. The molecule has 1 heterocycles. The molecule has 94 valence electrons. The molecule has 0 spiro atoms. The highest BCUT2D eigenvalue weighted by molar-refractivity contribution is 8.00. The lowest BCUT2D eigenvalue weighted by Crippen LogP contribution is -2.37. The molecular formula is C9H17NO4S2. The second-order valence-electron chi connectivity index (χ2n) is 3.97. The molecule has 1 fully saturated rings. The molecule has 1 amide bonds. The molecule has 1 rings (SSSR count). The monoisotopic (exact) mass is 267 g/mol. The second-order valence-corrected chi connectivity index (χ2v) is 7.63. The number of hydrogen-bond donors (Lipinski definition) is 2. The van der Waals surface area contributed by atoms with Crippen molar-refractivity contribution in [3.8, 4) is 0 Å². The molecule has 1 saturated heterocycles. The predicted molar refractivity (Wildman–Crippen MR) is 64.2 cm³/mol. The molecule has 0 aromatic rings. The molecule has 1 aliphatic heterocycles. The SMILES string of the molecule is CC(CO)SCC(=O)NC1CCS(=O)(=O)C1. The summed E-state index contributed by atoms with van der Waals surface area (Å²) < 4.78 is 22.3. The average molecular weight is 267 g/mol. The van der Waals surface area contributed by atoms with Crippen LogP contribution in [0.2, 0.25) is 0 Å². The number of nitrogens with one attached hydrogen (secondary N) is 1. The molecule has 1 aliphatic rings. The van der Waals surface area contributed by atoms with E-state index in [0.717, 1.165) is 0 Å². The van der Waals surface area contributed by atoms with Gasteiger partial charge in [0, 0.05) is 11.3 Å². The van der Waals surface area contributed by atoms with Gasteiger partial charge in [-0.2, -0.15) is 0 Å². The number of aliphatic hydroxyl groups is 1. The highest BCUT2D eigenvalue weighted by Gasteiger charge is 2.28. The highest BCUT2D eigenvalue weighted by Crippen LogP contribution is 2.12. The zero-order chi connectivity index (χ0) is 12.2. The van der Waals surface area contributed by atoms with Gasteiger partial charge in [0.15, 0.2) is 9.84 Å². The van der Waals surface area contributed by atoms with E-state index in [1.165, 1.54) is 11.8 Å². The number of hydrogen-bond acceptors (Lipinski definition) is 5. The van der Waals surface area contributed by atoms with Crippen LogP contribution in [-0.2, 0) is 14.6 Å². The number of thioether (sulfide) groups is 1. The first-order valence-electron chi connectivity index (χ1n) is 5.15. The maximum Gasteiger partial charge on any atom is 0.230 e. The van der Waals surface area contributed by atoms with Crippen molar-refractivity contribution >= 4 is 27.5 Å². The zero-order valence-corrected chi connectivity index (χ0v) is 10.8. The summed E-state index contributed by atoms with van der Waals surface area (Å²) in [7, 11) is -2.94. The maximum atomic E-state index is 11.4. The van der Waals surface area contributed by atoms with E-state index in [0.29, 0.717) is 6.42 Å². The first kappa shape index (κ1) is 13.8. The van der Waals surface area contributed by atoms with E-state index in [9.17, 15) is 13.2 Å². The van der Waals surface area contributed by atoms with Gasteiger partial charge in [0.2, 0.25) is 5.91 Å². The Kier molecular flexibility index (Phi) is 5.07. The number of carbonyl (C=O) groups excluding carboxylic acids is 1. The number of sulfone groups is 1. The fourth-order valence-electron chi connectivity index (χ4n) is 1.45. The lowest BCUT2D eigenvalue weighted by Gasteiger charge is -2.12. The molecule has 5 nitrogen and oxygen atoms in total. The van der Waals surface area contributed by atoms with Crippen molar-refractivity contribution in [3.63, 3.8) is 0 Å². The first-order valence-corrected chi connectivity index (χ1v) is 8.02. The van der Waals surface area contributed by atoms with E-state index < -0.39 is 9.84 Å². The van der Waals surface area contributed by atoms with Crippen LogP contribution in [0.1, 0.15) is 13.3 Å². The molecular weight excluding hydrogens is 250 g/mol. The fraction of sp³-hybridized carbons (Fsp3) is 0.889. The molecule has 0 radical (unpaired) electrons. The van der Waals surface area contributed by atoms with E-state index in [1.807, 2.05) is 6.92 Å². The van der Waals surface area contributed by atoms with E-state index in [-0.39, 0.29) is 41.1 Å². The minimum Gasteiger partial charge on any atom is -0.395 e. The van der Waals surface area contributed by atoms with Crippen molar-refractivity contribution in [3.05, 3.63) is 0 Å². The maximum absolute atomic E-state index is 11.4. The van der Waals surface area contributed by atoms with E-state index in [4.69, 9.17) is 5.11 Å². The van der Waals surface area contributed by atoms with Gasteiger partial charge in [-0.25, -0.2) is 8.42 Å². The summed E-state index contributed by atoms with van der Waals surface area (Å²) in [6.45, 7) is 1.87. The summed E-state index contributed by atoms with van der Waals surface area (Å²) in [6.07, 6.45) is 0.508. The minimum absolute atomic E-state index is 0.0260. The molecule has 0 saturated carbocycles. The topological polar surface area (TPSA) is 83.5 Å². The van der Waals surface area contributed by atoms with Crippen LogP contribution < -0.4 is 5.32 Å². The molecule has 16 heavy (non-hydrogen) atoms. The highest BCUT2D eigenvalue weighted by atomic mass is 32.2. The van der Waals surface area contributed by atoms with Gasteiger partial charge in [-0.1, -0.05) is 6.92 Å². The van der Waals surface area contributed by atoms with Gasteiger partial charge in [0.05, 0.1) is 23.9 Å². The third-order valence-electron chi connectivity index (χ3n) is 2.35. The summed E-state index contributed by atoms with van der Waals surface area (Å²) in [4.78, 5) is 11.4. The molecule has 0 bridgehead atoms. The van der Waals surface area contributed by atoms with Crippen LogP contribution >= 0.6 is 11.8 Å². The molecule has 2 N–H and O–H groups in total. The summed E-state index contributed by atoms with van der Waals surface area (Å²) >= 11 is 1.36. The summed E-state index contributed by atoms with van der Waals surface area (Å²) in [5.74, 6) is 0.322. The number of carbonyl (C=O) groups is 1. The lowest BCUT2D eigenvalue weighted by atomic mass is 10.3. The Morgan fingerprint density at radius 1 is 1.62 bits per heavy atom. The van der Waals surface area contributed by atoms with Crippen molar-refractivity contribution in [2.75, 3.05) is 23.9 Å². The predicted octanol–water partition coefficient (Wildman–Crippen LogP) is -0.596. The van der Waals surface area contributed by atoms with Crippen molar-refractivity contribution in [2.24, 2.45) is 0 Å². The molecule has 0 aromatic heterocycles. The Balaban J connectivity index is 2.25. The summed E-state index contributed by atoms with van der Waals surface area (Å²) in [6, 6.07) is -0.234. The van der Waals surface area contributed by atoms with Gasteiger partial charge in [-0.05, 0) is 6.42 Å². The standard InChI is InChI=1S/C9H17NO4S2/c1-7(4-11)15-5-9(12)10-8-2-3-16(13,14)6-8/h7-8,11H,2-6H2,1H3,(H,10,12). The van der Waals surface area contributed by atoms with Gasteiger partial charge in [-0.3, -0.25) is 4.79 Å². The fourth-order valence-corrected chi connectivity index (χ4v) is 3.75. The van der Waals surface area contributed by atoms with Crippen LogP contribution in [-0.4, -0.2) is 54.6 Å². The van der Waals surface area contributed by atoms with Crippen LogP contribution in [0.5, 0.6) is 0 Å². The van der Waals surface area contributed by atoms with Crippen molar-refractivity contribution in [2.45, 2.75) is 24.6 Å². The Morgan fingerprint density at radius 3 is 2.81 bits per heavy atom. The summed E-state index contributed by atoms with van der Waals surface area (Å²) in [5.41, 5.74) is 0. The van der Waals surface area contributed by atoms with Crippen LogP contribution in [0.3, 0.4) is 0 Å². The third-order valence-corrected chi connectivity index (χ3v) is 5.27. The second kappa shape index (κ2) is 5.88. The van der Waals surface area contributed by atoms with E-state index >= 15 is 0 Å². The molecule has 7 heteroatoms. The Morgan fingerprint density at radius 2 is 2.31 bits per heavy atom. The van der Waals surface area contributed by atoms with E-state index in [1.54, 1.807) is 0 Å². The molecule has 0 aromatic carbocycles. The van der Waals surface area contributed by atoms with Gasteiger partial charge in [-0.15, -0.1) is 11.8 Å². The summed E-state index contributed by atoms with van der Waals surface area (Å²) in [5, 5.41) is 11.5. The number of amides is 1. The zero-order valence-electron chi connectivity index (χ0n) is 9.18. The van der Waals surface area contributed by atoms with Crippen LogP contribution in [0.15, 0.2) is 0 Å². The first-order chi connectivity index (χ1) is 7.43.